The van der Waals surface area contributed by atoms with Crippen molar-refractivity contribution in [3.8, 4) is 0 Å². The van der Waals surface area contributed by atoms with Crippen molar-refractivity contribution in [3.05, 3.63) is 39.9 Å². The van der Waals surface area contributed by atoms with Gasteiger partial charge in [-0.1, -0.05) is 6.42 Å². The molecule has 10 heteroatoms. The van der Waals surface area contributed by atoms with Crippen molar-refractivity contribution in [1.82, 2.24) is 5.32 Å². The van der Waals surface area contributed by atoms with Crippen LogP contribution in [0.2, 0.25) is 0 Å². The van der Waals surface area contributed by atoms with Crippen LogP contribution < -0.4 is 5.32 Å². The van der Waals surface area contributed by atoms with Crippen LogP contribution in [0.15, 0.2) is 24.3 Å². The first-order valence-corrected chi connectivity index (χ1v) is 11.1. The highest BCUT2D eigenvalue weighted by Gasteiger charge is 2.29. The fourth-order valence-corrected chi connectivity index (χ4v) is 3.34. The fraction of sp³-hybridized carbons (Fsp3) is 0.609. The standard InChI is InChI=1S/C23H32N2O8/c1-23(2,3)33-22(28)24-19(21(27)32-18-7-5-4-6-8-18)13-14-20(26)31-15-16-9-11-17(12-10-16)25(29)30/h9-12,18-19H,4-8,13-15H2,1-3H3,(H,24,28)/t19-/m0/s1. The van der Waals surface area contributed by atoms with Crippen LogP contribution in [0.3, 0.4) is 0 Å². The first kappa shape index (κ1) is 26.1. The second-order valence-electron chi connectivity index (χ2n) is 9.02. The predicted octanol–water partition coefficient (Wildman–Crippen LogP) is 4.19. The van der Waals surface area contributed by atoms with Crippen LogP contribution in [0.4, 0.5) is 10.5 Å². The topological polar surface area (TPSA) is 134 Å². The Balaban J connectivity index is 1.90. The molecule has 182 valence electrons. The van der Waals surface area contributed by atoms with Gasteiger partial charge in [0.2, 0.25) is 0 Å². The maximum Gasteiger partial charge on any atom is 0.408 e. The Labute approximate surface area is 193 Å². The molecular formula is C23H32N2O8. The second kappa shape index (κ2) is 12.2. The predicted molar refractivity (Wildman–Crippen MR) is 118 cm³/mol. The molecular weight excluding hydrogens is 432 g/mol. The van der Waals surface area contributed by atoms with Gasteiger partial charge in [0.05, 0.1) is 4.92 Å². The average Bonchev–Trinajstić information content (AvgIpc) is 2.74. The zero-order valence-corrected chi connectivity index (χ0v) is 19.3. The van der Waals surface area contributed by atoms with E-state index in [0.29, 0.717) is 5.56 Å². The lowest BCUT2D eigenvalue weighted by atomic mass is 9.98. The average molecular weight is 465 g/mol. The second-order valence-corrected chi connectivity index (χ2v) is 9.02. The number of nitrogens with one attached hydrogen (secondary N) is 1. The molecule has 1 aliphatic rings. The van der Waals surface area contributed by atoms with Gasteiger partial charge in [0.1, 0.15) is 24.4 Å². The van der Waals surface area contributed by atoms with Crippen molar-refractivity contribution in [2.75, 3.05) is 0 Å². The summed E-state index contributed by atoms with van der Waals surface area (Å²) in [4.78, 5) is 47.3. The van der Waals surface area contributed by atoms with Gasteiger partial charge in [-0.05, 0) is 70.6 Å². The number of nitro groups is 1. The Morgan fingerprint density at radius 3 is 2.33 bits per heavy atom. The van der Waals surface area contributed by atoms with E-state index in [2.05, 4.69) is 5.32 Å². The summed E-state index contributed by atoms with van der Waals surface area (Å²) in [5, 5.41) is 13.2. The molecule has 1 amide bonds. The Morgan fingerprint density at radius 1 is 1.12 bits per heavy atom. The molecule has 1 aromatic rings. The van der Waals surface area contributed by atoms with Gasteiger partial charge < -0.3 is 19.5 Å². The highest BCUT2D eigenvalue weighted by Crippen LogP contribution is 2.21. The van der Waals surface area contributed by atoms with Gasteiger partial charge in [-0.2, -0.15) is 0 Å². The molecule has 0 heterocycles. The monoisotopic (exact) mass is 464 g/mol. The number of nitrogens with zero attached hydrogens (tertiary/aromatic N) is 1. The van der Waals surface area contributed by atoms with E-state index in [9.17, 15) is 24.5 Å². The number of hydrogen-bond acceptors (Lipinski definition) is 8. The SMILES string of the molecule is CC(C)(C)OC(=O)N[C@@H](CCC(=O)OCc1ccc([N+](=O)[O-])cc1)C(=O)OC1CCCCC1. The van der Waals surface area contributed by atoms with Crippen molar-refractivity contribution < 1.29 is 33.5 Å². The van der Waals surface area contributed by atoms with E-state index in [0.717, 1.165) is 32.1 Å². The molecule has 0 bridgehead atoms. The number of non-ortho nitro benzene ring substituents is 1. The number of rotatable bonds is 9. The minimum absolute atomic E-state index is 0.0100. The van der Waals surface area contributed by atoms with Crippen molar-refractivity contribution >= 4 is 23.7 Å². The lowest BCUT2D eigenvalue weighted by Gasteiger charge is -2.26. The number of carbonyl (C=O) groups is 3. The van der Waals surface area contributed by atoms with Gasteiger partial charge in [0.15, 0.2) is 0 Å². The molecule has 0 radical (unpaired) electrons. The van der Waals surface area contributed by atoms with E-state index in [1.165, 1.54) is 24.3 Å². The fourth-order valence-electron chi connectivity index (χ4n) is 3.34. The van der Waals surface area contributed by atoms with E-state index >= 15 is 0 Å². The van der Waals surface area contributed by atoms with Crippen LogP contribution >= 0.6 is 0 Å². The van der Waals surface area contributed by atoms with Gasteiger partial charge in [0, 0.05) is 18.6 Å². The van der Waals surface area contributed by atoms with Gasteiger partial charge >= 0.3 is 18.0 Å². The van der Waals surface area contributed by atoms with Gasteiger partial charge in [0.25, 0.3) is 5.69 Å². The van der Waals surface area contributed by atoms with Gasteiger partial charge in [-0.3, -0.25) is 14.9 Å². The Kier molecular flexibility index (Phi) is 9.62. The maximum absolute atomic E-state index is 12.7. The molecule has 0 aliphatic heterocycles. The number of esters is 2. The number of amides is 1. The number of hydrogen-bond donors (Lipinski definition) is 1. The molecule has 33 heavy (non-hydrogen) atoms. The first-order chi connectivity index (χ1) is 15.5. The Morgan fingerprint density at radius 2 is 1.76 bits per heavy atom. The van der Waals surface area contributed by atoms with Gasteiger partial charge in [-0.25, -0.2) is 9.59 Å². The summed E-state index contributed by atoms with van der Waals surface area (Å²) in [7, 11) is 0. The molecule has 0 spiro atoms. The lowest BCUT2D eigenvalue weighted by molar-refractivity contribution is -0.384. The summed E-state index contributed by atoms with van der Waals surface area (Å²) in [6.45, 7) is 5.06. The van der Waals surface area contributed by atoms with Crippen molar-refractivity contribution in [1.29, 1.82) is 0 Å². The summed E-state index contributed by atoms with van der Waals surface area (Å²) in [5.74, 6) is -1.18. The lowest BCUT2D eigenvalue weighted by Crippen LogP contribution is -2.45. The molecule has 0 saturated heterocycles. The number of carbonyl (C=O) groups excluding carboxylic acids is 3. The zero-order valence-electron chi connectivity index (χ0n) is 19.3. The number of benzene rings is 1. The summed E-state index contributed by atoms with van der Waals surface area (Å²) in [6, 6.07) is 4.60. The molecule has 10 nitrogen and oxygen atoms in total. The van der Waals surface area contributed by atoms with E-state index in [1.54, 1.807) is 20.8 Å². The van der Waals surface area contributed by atoms with Crippen molar-refractivity contribution in [2.24, 2.45) is 0 Å². The van der Waals surface area contributed by atoms with E-state index in [-0.39, 0.29) is 31.2 Å². The molecule has 1 N–H and O–H groups in total. The third-order valence-electron chi connectivity index (χ3n) is 4.99. The highest BCUT2D eigenvalue weighted by molar-refractivity contribution is 5.82. The molecule has 1 atom stereocenters. The number of ether oxygens (including phenoxy) is 3. The third kappa shape index (κ3) is 9.88. The highest BCUT2D eigenvalue weighted by atomic mass is 16.6. The van der Waals surface area contributed by atoms with E-state index in [1.807, 2.05) is 0 Å². The summed E-state index contributed by atoms with van der Waals surface area (Å²) in [5.41, 5.74) is -0.210. The molecule has 2 rings (SSSR count). The van der Waals surface area contributed by atoms with Crippen LogP contribution in [0, 0.1) is 10.1 Å². The van der Waals surface area contributed by atoms with E-state index in [4.69, 9.17) is 14.2 Å². The van der Waals surface area contributed by atoms with Gasteiger partial charge in [-0.15, -0.1) is 0 Å². The minimum Gasteiger partial charge on any atom is -0.461 e. The van der Waals surface area contributed by atoms with Crippen LogP contribution in [-0.4, -0.2) is 40.7 Å². The molecule has 1 aliphatic carbocycles. The number of nitro benzene ring substituents is 1. The molecule has 0 unspecified atom stereocenters. The Bertz CT molecular complexity index is 826. The molecule has 0 aromatic heterocycles. The number of alkyl carbamates (subject to hydrolysis) is 1. The largest absolute Gasteiger partial charge is 0.461 e. The first-order valence-electron chi connectivity index (χ1n) is 11.1. The third-order valence-corrected chi connectivity index (χ3v) is 4.99. The quantitative estimate of drug-likeness (QED) is 0.249. The smallest absolute Gasteiger partial charge is 0.408 e. The molecule has 1 aromatic carbocycles. The zero-order chi connectivity index (χ0) is 24.4. The van der Waals surface area contributed by atoms with E-state index < -0.39 is 34.6 Å². The Hall–Kier alpha value is -3.17. The van der Waals surface area contributed by atoms with Crippen LogP contribution in [0.5, 0.6) is 0 Å². The van der Waals surface area contributed by atoms with Crippen LogP contribution in [0.25, 0.3) is 0 Å². The summed E-state index contributed by atoms with van der Waals surface area (Å²) in [6.07, 6.45) is 3.53. The normalized spacial score (nSPS) is 15.2. The molecule has 1 fully saturated rings. The van der Waals surface area contributed by atoms with Crippen LogP contribution in [0.1, 0.15) is 71.3 Å². The maximum atomic E-state index is 12.7. The summed E-state index contributed by atoms with van der Waals surface area (Å²) < 4.78 is 16.0. The van der Waals surface area contributed by atoms with Crippen molar-refractivity contribution in [3.63, 3.8) is 0 Å². The van der Waals surface area contributed by atoms with Crippen molar-refractivity contribution in [2.45, 2.75) is 90.1 Å². The minimum atomic E-state index is -1.05. The summed E-state index contributed by atoms with van der Waals surface area (Å²) >= 11 is 0. The van der Waals surface area contributed by atoms with Crippen LogP contribution in [-0.2, 0) is 30.4 Å². The molecule has 1 saturated carbocycles.